The number of fused-ring (bicyclic) bond motifs is 2. The molecule has 1 aromatic carbocycles. The van der Waals surface area contributed by atoms with E-state index in [9.17, 15) is 13.2 Å². The first-order chi connectivity index (χ1) is 11.3. The lowest BCUT2D eigenvalue weighted by Gasteiger charge is -2.33. The van der Waals surface area contributed by atoms with Crippen molar-refractivity contribution in [2.45, 2.75) is 11.4 Å². The molecule has 0 amide bonds. The average Bonchev–Trinajstić information content (AvgIpc) is 2.93. The topological polar surface area (TPSA) is 48.7 Å². The first-order valence-electron chi connectivity index (χ1n) is 6.56. The van der Waals surface area contributed by atoms with Gasteiger partial charge in [-0.3, -0.25) is 4.40 Å². The Balaban J connectivity index is 1.83. The highest BCUT2D eigenvalue weighted by molar-refractivity contribution is 6.33. The molecule has 1 unspecified atom stereocenters. The number of ether oxygens (including phenoxy) is 2. The molecule has 1 atom stereocenters. The Morgan fingerprint density at radius 2 is 1.83 bits per heavy atom. The van der Waals surface area contributed by atoms with E-state index in [4.69, 9.17) is 23.2 Å². The minimum atomic E-state index is -4.35. The number of hydrogen-bond acceptors (Lipinski definition) is 4. The zero-order chi connectivity index (χ0) is 17.1. The Hall–Kier alpha value is -2.19. The molecule has 4 rings (SSSR count). The molecule has 1 aliphatic rings. The van der Waals surface area contributed by atoms with Crippen LogP contribution in [0.15, 0.2) is 36.5 Å². The van der Waals surface area contributed by atoms with Crippen molar-refractivity contribution in [3.05, 3.63) is 41.6 Å². The van der Waals surface area contributed by atoms with Gasteiger partial charge in [-0.2, -0.15) is 13.2 Å². The molecule has 0 saturated heterocycles. The molecule has 24 heavy (non-hydrogen) atoms. The predicted octanol–water partition coefficient (Wildman–Crippen LogP) is 4.28. The molecule has 0 radical (unpaired) electrons. The van der Waals surface area contributed by atoms with Crippen LogP contribution in [0.3, 0.4) is 0 Å². The van der Waals surface area contributed by atoms with Crippen molar-refractivity contribution in [2.75, 3.05) is 0 Å². The summed E-state index contributed by atoms with van der Waals surface area (Å²) in [5.74, 6) is -0.288. The number of hydrogen-bond donors (Lipinski definition) is 0. The number of aromatic nitrogens is 3. The number of rotatable bonds is 1. The fraction of sp³-hybridized carbons (Fsp3) is 0.143. The van der Waals surface area contributed by atoms with Crippen LogP contribution in [0.2, 0.25) is 5.02 Å². The van der Waals surface area contributed by atoms with Gasteiger partial charge in [0.05, 0.1) is 5.02 Å². The molecule has 10 heteroatoms. The minimum Gasteiger partial charge on any atom is -0.434 e. The van der Waals surface area contributed by atoms with E-state index in [0.717, 1.165) is 0 Å². The maximum Gasteiger partial charge on any atom is 0.488 e. The number of pyridine rings is 1. The van der Waals surface area contributed by atoms with Crippen molar-refractivity contribution in [1.29, 1.82) is 0 Å². The first kappa shape index (κ1) is 15.3. The van der Waals surface area contributed by atoms with Crippen LogP contribution in [0.25, 0.3) is 17.0 Å². The highest BCUT2D eigenvalue weighted by Gasteiger charge is 2.63. The van der Waals surface area contributed by atoms with Crippen LogP contribution in [0.1, 0.15) is 0 Å². The average molecular weight is 376 g/mol. The van der Waals surface area contributed by atoms with E-state index in [0.29, 0.717) is 22.1 Å². The monoisotopic (exact) mass is 375 g/mol. The molecule has 1 aliphatic heterocycles. The van der Waals surface area contributed by atoms with Crippen LogP contribution < -0.4 is 9.47 Å². The summed E-state index contributed by atoms with van der Waals surface area (Å²) in [5.41, 5.74) is 0.793. The van der Waals surface area contributed by atoms with Gasteiger partial charge in [0.1, 0.15) is 0 Å². The SMILES string of the molecule is FC1(F)Oc2cc(-c3nnc4c(Cl)cccn34)ccc2OC1(F)Cl. The summed E-state index contributed by atoms with van der Waals surface area (Å²) >= 11 is 11.0. The molecule has 0 bridgehead atoms. The Labute approximate surface area is 142 Å². The third-order valence-electron chi connectivity index (χ3n) is 3.40. The van der Waals surface area contributed by atoms with Gasteiger partial charge in [0.25, 0.3) is 0 Å². The zero-order valence-electron chi connectivity index (χ0n) is 11.5. The number of alkyl halides is 4. The highest BCUT2D eigenvalue weighted by atomic mass is 35.5. The van der Waals surface area contributed by atoms with Gasteiger partial charge in [-0.05, 0) is 41.9 Å². The van der Waals surface area contributed by atoms with Crippen molar-refractivity contribution in [2.24, 2.45) is 0 Å². The van der Waals surface area contributed by atoms with Gasteiger partial charge in [0.15, 0.2) is 23.0 Å². The third kappa shape index (κ3) is 2.17. The maximum atomic E-state index is 13.6. The molecule has 0 aliphatic carbocycles. The smallest absolute Gasteiger partial charge is 0.434 e. The van der Waals surface area contributed by atoms with Crippen molar-refractivity contribution in [3.8, 4) is 22.9 Å². The predicted molar refractivity (Wildman–Crippen MR) is 79.3 cm³/mol. The molecule has 0 fully saturated rings. The second-order valence-corrected chi connectivity index (χ2v) is 5.87. The Kier molecular flexibility index (Phi) is 3.14. The largest absolute Gasteiger partial charge is 0.488 e. The van der Waals surface area contributed by atoms with E-state index < -0.39 is 11.4 Å². The fourth-order valence-electron chi connectivity index (χ4n) is 2.29. The van der Waals surface area contributed by atoms with Gasteiger partial charge in [-0.1, -0.05) is 11.6 Å². The third-order valence-corrected chi connectivity index (χ3v) is 4.00. The van der Waals surface area contributed by atoms with Crippen LogP contribution in [0.5, 0.6) is 11.5 Å². The molecule has 0 saturated carbocycles. The van der Waals surface area contributed by atoms with Gasteiger partial charge in [0, 0.05) is 11.8 Å². The van der Waals surface area contributed by atoms with Crippen molar-refractivity contribution in [3.63, 3.8) is 0 Å². The van der Waals surface area contributed by atoms with Gasteiger partial charge < -0.3 is 9.47 Å². The Morgan fingerprint density at radius 3 is 2.62 bits per heavy atom. The first-order valence-corrected chi connectivity index (χ1v) is 7.31. The van der Waals surface area contributed by atoms with Gasteiger partial charge >= 0.3 is 11.4 Å². The summed E-state index contributed by atoms with van der Waals surface area (Å²) in [7, 11) is 0. The molecule has 3 heterocycles. The molecule has 0 N–H and O–H groups in total. The van der Waals surface area contributed by atoms with Crippen LogP contribution >= 0.6 is 23.2 Å². The lowest BCUT2D eigenvalue weighted by Crippen LogP contribution is -2.51. The van der Waals surface area contributed by atoms with Gasteiger partial charge in [-0.25, -0.2) is 0 Å². The lowest BCUT2D eigenvalue weighted by atomic mass is 10.2. The number of nitrogens with zero attached hydrogens (tertiary/aromatic N) is 3. The van der Waals surface area contributed by atoms with Crippen molar-refractivity contribution >= 4 is 28.8 Å². The standard InChI is InChI=1S/C14H6Cl2F3N3O2/c15-8-2-1-5-22-11(20-21-12(8)22)7-3-4-9-10(6-7)24-14(18,19)13(16,17)23-9/h1-6H. The summed E-state index contributed by atoms with van der Waals surface area (Å²) in [4.78, 5) is 0. The lowest BCUT2D eigenvalue weighted by molar-refractivity contribution is -0.303. The summed E-state index contributed by atoms with van der Waals surface area (Å²) in [6, 6.07) is 7.28. The quantitative estimate of drug-likeness (QED) is 0.595. The van der Waals surface area contributed by atoms with E-state index in [-0.39, 0.29) is 11.5 Å². The molecule has 5 nitrogen and oxygen atoms in total. The summed E-state index contributed by atoms with van der Waals surface area (Å²) in [5, 5.41) is 4.52. The van der Waals surface area contributed by atoms with E-state index in [1.165, 1.54) is 18.2 Å². The van der Waals surface area contributed by atoms with E-state index >= 15 is 0 Å². The fourth-order valence-corrected chi connectivity index (χ4v) is 2.61. The van der Waals surface area contributed by atoms with Crippen molar-refractivity contribution in [1.82, 2.24) is 14.6 Å². The van der Waals surface area contributed by atoms with E-state index in [1.807, 2.05) is 0 Å². The van der Waals surface area contributed by atoms with E-state index in [2.05, 4.69) is 19.7 Å². The second-order valence-electron chi connectivity index (χ2n) is 4.97. The van der Waals surface area contributed by atoms with Gasteiger partial charge in [-0.15, -0.1) is 10.2 Å². The Morgan fingerprint density at radius 1 is 1.04 bits per heavy atom. The maximum absolute atomic E-state index is 13.6. The summed E-state index contributed by atoms with van der Waals surface area (Å²) < 4.78 is 51.1. The summed E-state index contributed by atoms with van der Waals surface area (Å²) in [6.45, 7) is 0. The second kappa shape index (κ2) is 4.90. The number of halogens is 5. The normalized spacial score (nSPS) is 21.9. The molecule has 3 aromatic rings. The minimum absolute atomic E-state index is 0.256. The summed E-state index contributed by atoms with van der Waals surface area (Å²) in [6.07, 6.45) is -2.69. The van der Waals surface area contributed by atoms with Crippen LogP contribution in [-0.2, 0) is 0 Å². The van der Waals surface area contributed by atoms with Crippen LogP contribution in [0, 0.1) is 0 Å². The van der Waals surface area contributed by atoms with E-state index in [1.54, 1.807) is 22.7 Å². The molecular formula is C14H6Cl2F3N3O2. The molecular weight excluding hydrogens is 370 g/mol. The zero-order valence-corrected chi connectivity index (χ0v) is 13.0. The van der Waals surface area contributed by atoms with Gasteiger partial charge in [0.2, 0.25) is 0 Å². The molecule has 124 valence electrons. The Bertz CT molecular complexity index is 962. The molecule has 2 aromatic heterocycles. The van der Waals surface area contributed by atoms with Crippen LogP contribution in [-0.4, -0.2) is 26.0 Å². The highest BCUT2D eigenvalue weighted by Crippen LogP contribution is 2.48. The van der Waals surface area contributed by atoms with Crippen molar-refractivity contribution < 1.29 is 22.6 Å². The molecule has 0 spiro atoms. The van der Waals surface area contributed by atoms with Crippen LogP contribution in [0.4, 0.5) is 13.2 Å². The number of benzene rings is 1.